The second-order valence-corrected chi connectivity index (χ2v) is 5.73. The van der Waals surface area contributed by atoms with Gasteiger partial charge in [0.15, 0.2) is 0 Å². The zero-order chi connectivity index (χ0) is 14.7. The van der Waals surface area contributed by atoms with Crippen LogP contribution in [0.3, 0.4) is 0 Å². The van der Waals surface area contributed by atoms with Crippen LogP contribution in [0.1, 0.15) is 13.8 Å². The molecule has 0 spiro atoms. The molecule has 1 aromatic rings. The number of piperazine rings is 1. The van der Waals surface area contributed by atoms with Crippen molar-refractivity contribution in [3.63, 3.8) is 0 Å². The Hall–Kier alpha value is -1.59. The average Bonchev–Trinajstić information content (AvgIpc) is 2.38. The number of benzene rings is 1. The molecule has 3 N–H and O–H groups in total. The van der Waals surface area contributed by atoms with Crippen LogP contribution < -0.4 is 11.1 Å². The zero-order valence-corrected chi connectivity index (χ0v) is 12.5. The van der Waals surface area contributed by atoms with Crippen molar-refractivity contribution in [1.82, 2.24) is 9.80 Å². The van der Waals surface area contributed by atoms with Gasteiger partial charge in [0.25, 0.3) is 0 Å². The molecular formula is C15H24N4O. The van der Waals surface area contributed by atoms with Crippen molar-refractivity contribution in [3.8, 4) is 0 Å². The topological polar surface area (TPSA) is 61.6 Å². The molecule has 0 aliphatic carbocycles. The maximum Gasteiger partial charge on any atom is 0.238 e. The van der Waals surface area contributed by atoms with Crippen LogP contribution >= 0.6 is 0 Å². The average molecular weight is 276 g/mol. The van der Waals surface area contributed by atoms with Crippen LogP contribution in [0, 0.1) is 0 Å². The summed E-state index contributed by atoms with van der Waals surface area (Å²) >= 11 is 0. The predicted molar refractivity (Wildman–Crippen MR) is 82.6 cm³/mol. The van der Waals surface area contributed by atoms with Gasteiger partial charge in [-0.1, -0.05) is 0 Å². The smallest absolute Gasteiger partial charge is 0.238 e. The maximum atomic E-state index is 12.1. The first-order valence-corrected chi connectivity index (χ1v) is 7.05. The molecule has 5 nitrogen and oxygen atoms in total. The van der Waals surface area contributed by atoms with Crippen molar-refractivity contribution in [2.75, 3.05) is 37.7 Å². The molecule has 1 aromatic carbocycles. The number of nitrogens with one attached hydrogen (secondary N) is 1. The summed E-state index contributed by atoms with van der Waals surface area (Å²) in [6, 6.07) is 8.17. The fraction of sp³-hybridized carbons (Fsp3) is 0.533. The highest BCUT2D eigenvalue weighted by Crippen LogP contribution is 2.14. The minimum atomic E-state index is 0.0266. The Labute approximate surface area is 120 Å². The molecule has 0 saturated carbocycles. The number of carbonyl (C=O) groups is 1. The number of amides is 1. The van der Waals surface area contributed by atoms with Gasteiger partial charge >= 0.3 is 0 Å². The molecule has 1 saturated heterocycles. The lowest BCUT2D eigenvalue weighted by Crippen LogP contribution is -2.56. The molecule has 1 fully saturated rings. The Bertz CT molecular complexity index is 447. The van der Waals surface area contributed by atoms with E-state index in [1.807, 2.05) is 12.1 Å². The van der Waals surface area contributed by atoms with E-state index >= 15 is 0 Å². The number of hydrogen-bond acceptors (Lipinski definition) is 4. The summed E-state index contributed by atoms with van der Waals surface area (Å²) in [5.74, 6) is 0.0266. The molecule has 1 heterocycles. The van der Waals surface area contributed by atoms with Gasteiger partial charge in [-0.05, 0) is 45.2 Å². The van der Waals surface area contributed by atoms with E-state index in [4.69, 9.17) is 5.73 Å². The van der Waals surface area contributed by atoms with E-state index in [9.17, 15) is 4.79 Å². The number of likely N-dealkylation sites (N-methyl/N-ethyl adjacent to an activating group) is 1. The molecule has 1 amide bonds. The molecule has 2 rings (SSSR count). The normalized spacial score (nSPS) is 24.6. The summed E-state index contributed by atoms with van der Waals surface area (Å²) in [7, 11) is 2.14. The van der Waals surface area contributed by atoms with Crippen LogP contribution in [-0.4, -0.2) is 54.5 Å². The van der Waals surface area contributed by atoms with E-state index < -0.39 is 0 Å². The number of nitrogens with two attached hydrogens (primary N) is 1. The molecule has 1 aliphatic rings. The number of nitrogen functional groups attached to an aromatic ring is 1. The maximum absolute atomic E-state index is 12.1. The SMILES string of the molecule is CC1CN(CC(=O)Nc2ccc(N)cc2)CC(C)N1C. The third-order valence-electron chi connectivity index (χ3n) is 4.00. The Morgan fingerprint density at radius 1 is 1.25 bits per heavy atom. The van der Waals surface area contributed by atoms with E-state index in [-0.39, 0.29) is 5.91 Å². The van der Waals surface area contributed by atoms with Crippen LogP contribution in [0.4, 0.5) is 11.4 Å². The van der Waals surface area contributed by atoms with Gasteiger partial charge in [-0.25, -0.2) is 0 Å². The highest BCUT2D eigenvalue weighted by atomic mass is 16.2. The van der Waals surface area contributed by atoms with E-state index in [1.54, 1.807) is 12.1 Å². The first kappa shape index (κ1) is 14.8. The van der Waals surface area contributed by atoms with Gasteiger partial charge in [-0.2, -0.15) is 0 Å². The second kappa shape index (κ2) is 6.24. The number of carbonyl (C=O) groups excluding carboxylic acids is 1. The van der Waals surface area contributed by atoms with Gasteiger partial charge in [0.1, 0.15) is 0 Å². The van der Waals surface area contributed by atoms with Crippen molar-refractivity contribution < 1.29 is 4.79 Å². The predicted octanol–water partition coefficient (Wildman–Crippen LogP) is 1.23. The molecule has 110 valence electrons. The van der Waals surface area contributed by atoms with Gasteiger partial charge in [0, 0.05) is 36.5 Å². The van der Waals surface area contributed by atoms with Crippen LogP contribution in [0.25, 0.3) is 0 Å². The van der Waals surface area contributed by atoms with Gasteiger partial charge in [0.2, 0.25) is 5.91 Å². The molecule has 5 heteroatoms. The number of hydrogen-bond donors (Lipinski definition) is 2. The second-order valence-electron chi connectivity index (χ2n) is 5.73. The molecule has 0 radical (unpaired) electrons. The van der Waals surface area contributed by atoms with E-state index in [2.05, 4.69) is 36.0 Å². The summed E-state index contributed by atoms with van der Waals surface area (Å²) in [6.07, 6.45) is 0. The summed E-state index contributed by atoms with van der Waals surface area (Å²) in [5.41, 5.74) is 7.11. The van der Waals surface area contributed by atoms with Crippen LogP contribution in [0.5, 0.6) is 0 Å². The van der Waals surface area contributed by atoms with Crippen molar-refractivity contribution in [2.24, 2.45) is 0 Å². The van der Waals surface area contributed by atoms with Gasteiger partial charge in [-0.15, -0.1) is 0 Å². The van der Waals surface area contributed by atoms with Crippen molar-refractivity contribution >= 4 is 17.3 Å². The molecule has 2 unspecified atom stereocenters. The fourth-order valence-electron chi connectivity index (χ4n) is 2.61. The summed E-state index contributed by atoms with van der Waals surface area (Å²) < 4.78 is 0. The van der Waals surface area contributed by atoms with E-state index in [1.165, 1.54) is 0 Å². The molecular weight excluding hydrogens is 252 g/mol. The third kappa shape index (κ3) is 3.71. The number of anilines is 2. The van der Waals surface area contributed by atoms with Gasteiger partial charge in [0.05, 0.1) is 6.54 Å². The van der Waals surface area contributed by atoms with Crippen LogP contribution in [-0.2, 0) is 4.79 Å². The molecule has 0 bridgehead atoms. The number of rotatable bonds is 3. The first-order valence-electron chi connectivity index (χ1n) is 7.05. The molecule has 2 atom stereocenters. The minimum absolute atomic E-state index is 0.0266. The Morgan fingerprint density at radius 3 is 2.35 bits per heavy atom. The van der Waals surface area contributed by atoms with Crippen molar-refractivity contribution in [2.45, 2.75) is 25.9 Å². The third-order valence-corrected chi connectivity index (χ3v) is 4.00. The summed E-state index contributed by atoms with van der Waals surface area (Å²) in [5, 5.41) is 2.91. The first-order chi connectivity index (χ1) is 9.45. The van der Waals surface area contributed by atoms with Crippen molar-refractivity contribution in [1.29, 1.82) is 0 Å². The highest BCUT2D eigenvalue weighted by molar-refractivity contribution is 5.92. The quantitative estimate of drug-likeness (QED) is 0.815. The van der Waals surface area contributed by atoms with E-state index in [0.29, 0.717) is 24.3 Å². The summed E-state index contributed by atoms with van der Waals surface area (Å²) in [4.78, 5) is 16.6. The van der Waals surface area contributed by atoms with Crippen LogP contribution in [0.15, 0.2) is 24.3 Å². The standard InChI is InChI=1S/C15H24N4O/c1-11-8-19(9-12(2)18(11)3)10-15(20)17-14-6-4-13(16)5-7-14/h4-7,11-12H,8-10,16H2,1-3H3,(H,17,20). The largest absolute Gasteiger partial charge is 0.399 e. The monoisotopic (exact) mass is 276 g/mol. The Balaban J connectivity index is 1.87. The summed E-state index contributed by atoms with van der Waals surface area (Å²) in [6.45, 7) is 6.68. The lowest BCUT2D eigenvalue weighted by molar-refractivity contribution is -0.118. The van der Waals surface area contributed by atoms with Gasteiger partial charge < -0.3 is 11.1 Å². The molecule has 1 aliphatic heterocycles. The fourth-order valence-corrected chi connectivity index (χ4v) is 2.61. The van der Waals surface area contributed by atoms with Crippen molar-refractivity contribution in [3.05, 3.63) is 24.3 Å². The molecule has 0 aromatic heterocycles. The molecule has 20 heavy (non-hydrogen) atoms. The van der Waals surface area contributed by atoms with E-state index in [0.717, 1.165) is 18.8 Å². The Kier molecular flexibility index (Phi) is 4.62. The minimum Gasteiger partial charge on any atom is -0.399 e. The lowest BCUT2D eigenvalue weighted by Gasteiger charge is -2.42. The lowest BCUT2D eigenvalue weighted by atomic mass is 10.1. The Morgan fingerprint density at radius 2 is 1.80 bits per heavy atom. The van der Waals surface area contributed by atoms with Gasteiger partial charge in [-0.3, -0.25) is 14.6 Å². The van der Waals surface area contributed by atoms with Crippen LogP contribution in [0.2, 0.25) is 0 Å². The number of nitrogens with zero attached hydrogens (tertiary/aromatic N) is 2. The zero-order valence-electron chi connectivity index (χ0n) is 12.5. The highest BCUT2D eigenvalue weighted by Gasteiger charge is 2.27.